The van der Waals surface area contributed by atoms with Gasteiger partial charge in [-0.15, -0.1) is 0 Å². The molecule has 6 nitrogen and oxygen atoms in total. The fourth-order valence-electron chi connectivity index (χ4n) is 1.21. The van der Waals surface area contributed by atoms with Crippen molar-refractivity contribution in [2.75, 3.05) is 7.11 Å². The summed E-state index contributed by atoms with van der Waals surface area (Å²) in [4.78, 5) is 21.8. The minimum Gasteiger partial charge on any atom is -0.504 e. The van der Waals surface area contributed by atoms with Crippen molar-refractivity contribution in [2.45, 2.75) is 6.04 Å². The van der Waals surface area contributed by atoms with Gasteiger partial charge in [0.1, 0.15) is 11.6 Å². The van der Waals surface area contributed by atoms with E-state index in [1.165, 1.54) is 0 Å². The second-order valence-electron chi connectivity index (χ2n) is 3.21. The number of carboxylic acid groups (broad SMARTS) is 1. The Morgan fingerprint density at radius 3 is 2.53 bits per heavy atom. The number of ether oxygens (including phenoxy) is 1. The van der Waals surface area contributed by atoms with E-state index in [1.54, 1.807) is 0 Å². The number of halogens is 1. The number of phenols is 1. The van der Waals surface area contributed by atoms with Crippen LogP contribution in [0.25, 0.3) is 0 Å². The molecular formula is C10H10FNO5. The maximum atomic E-state index is 13.3. The zero-order valence-corrected chi connectivity index (χ0v) is 8.81. The van der Waals surface area contributed by atoms with Crippen molar-refractivity contribution in [3.63, 3.8) is 0 Å². The Morgan fingerprint density at radius 2 is 2.06 bits per heavy atom. The Kier molecular flexibility index (Phi) is 3.64. The highest BCUT2D eigenvalue weighted by molar-refractivity contribution is 5.93. The number of hydrogen-bond donors (Lipinski definition) is 3. The van der Waals surface area contributed by atoms with Crippen LogP contribution in [0.1, 0.15) is 22.0 Å². The van der Waals surface area contributed by atoms with Crippen molar-refractivity contribution in [1.29, 1.82) is 0 Å². The molecule has 0 bridgehead atoms. The highest BCUT2D eigenvalue weighted by Gasteiger charge is 2.22. The molecule has 0 amide bonds. The number of esters is 1. The van der Waals surface area contributed by atoms with E-state index < -0.39 is 35.1 Å². The Hall–Kier alpha value is -2.15. The number of phenolic OH excluding ortho intramolecular Hbond substituents is 1. The molecule has 0 spiro atoms. The summed E-state index contributed by atoms with van der Waals surface area (Å²) in [5, 5.41) is 17.9. The first kappa shape index (κ1) is 12.9. The number of methoxy groups -OCH3 is 1. The topological polar surface area (TPSA) is 110 Å². The summed E-state index contributed by atoms with van der Waals surface area (Å²) in [7, 11) is 1.05. The largest absolute Gasteiger partial charge is 0.504 e. The summed E-state index contributed by atoms with van der Waals surface area (Å²) in [6.45, 7) is 0. The maximum Gasteiger partial charge on any atom is 0.341 e. The van der Waals surface area contributed by atoms with Gasteiger partial charge in [-0.3, -0.25) is 4.79 Å². The molecule has 0 fully saturated rings. The summed E-state index contributed by atoms with van der Waals surface area (Å²) in [5.74, 6) is -4.41. The average molecular weight is 243 g/mol. The summed E-state index contributed by atoms with van der Waals surface area (Å²) in [6.07, 6.45) is 0. The second-order valence-corrected chi connectivity index (χ2v) is 3.21. The minimum atomic E-state index is -1.49. The Labute approximate surface area is 95.4 Å². The smallest absolute Gasteiger partial charge is 0.341 e. The van der Waals surface area contributed by atoms with E-state index >= 15 is 0 Å². The predicted octanol–water partition coefficient (Wildman–Crippen LogP) is 0.402. The van der Waals surface area contributed by atoms with Crippen molar-refractivity contribution in [3.8, 4) is 5.75 Å². The van der Waals surface area contributed by atoms with Gasteiger partial charge in [0.25, 0.3) is 0 Å². The van der Waals surface area contributed by atoms with E-state index in [-0.39, 0.29) is 5.56 Å². The molecule has 17 heavy (non-hydrogen) atoms. The maximum absolute atomic E-state index is 13.3. The number of hydrogen-bond acceptors (Lipinski definition) is 5. The quantitative estimate of drug-likeness (QED) is 0.663. The SMILES string of the molecule is COC(=O)c1cc(C(N)C(=O)O)cc(F)c1O. The normalized spacial score (nSPS) is 11.9. The third kappa shape index (κ3) is 2.51. The third-order valence-electron chi connectivity index (χ3n) is 2.12. The molecule has 0 aliphatic heterocycles. The van der Waals surface area contributed by atoms with E-state index in [9.17, 15) is 19.1 Å². The molecule has 1 atom stereocenters. The molecule has 0 aliphatic rings. The summed E-state index contributed by atoms with van der Waals surface area (Å²) in [6, 6.07) is 0.234. The summed E-state index contributed by atoms with van der Waals surface area (Å²) >= 11 is 0. The third-order valence-corrected chi connectivity index (χ3v) is 2.12. The van der Waals surface area contributed by atoms with Gasteiger partial charge in [0, 0.05) is 0 Å². The lowest BCUT2D eigenvalue weighted by molar-refractivity contribution is -0.138. The van der Waals surface area contributed by atoms with Crippen LogP contribution in [-0.4, -0.2) is 29.3 Å². The van der Waals surface area contributed by atoms with Gasteiger partial charge in [0.05, 0.1) is 7.11 Å². The first-order chi connectivity index (χ1) is 7.88. The number of rotatable bonds is 3. The van der Waals surface area contributed by atoms with Crippen LogP contribution in [0.15, 0.2) is 12.1 Å². The average Bonchev–Trinajstić information content (AvgIpc) is 2.30. The first-order valence-corrected chi connectivity index (χ1v) is 4.47. The van der Waals surface area contributed by atoms with Crippen molar-refractivity contribution in [1.82, 2.24) is 0 Å². The van der Waals surface area contributed by atoms with Gasteiger partial charge >= 0.3 is 11.9 Å². The zero-order valence-electron chi connectivity index (χ0n) is 8.81. The molecular weight excluding hydrogens is 233 g/mol. The molecule has 4 N–H and O–H groups in total. The molecule has 7 heteroatoms. The Morgan fingerprint density at radius 1 is 1.47 bits per heavy atom. The fourth-order valence-corrected chi connectivity index (χ4v) is 1.21. The number of carbonyl (C=O) groups is 2. The molecule has 1 unspecified atom stereocenters. The van der Waals surface area contributed by atoms with Crippen molar-refractivity contribution < 1.29 is 28.9 Å². The van der Waals surface area contributed by atoms with E-state index in [1.807, 2.05) is 0 Å². The van der Waals surface area contributed by atoms with E-state index in [4.69, 9.17) is 10.8 Å². The summed E-state index contributed by atoms with van der Waals surface area (Å²) < 4.78 is 17.6. The van der Waals surface area contributed by atoms with Crippen molar-refractivity contribution >= 4 is 11.9 Å². The second kappa shape index (κ2) is 4.79. The van der Waals surface area contributed by atoms with Gasteiger partial charge in [0.2, 0.25) is 0 Å². The molecule has 0 aliphatic carbocycles. The number of aliphatic carboxylic acids is 1. The van der Waals surface area contributed by atoms with Gasteiger partial charge in [-0.05, 0) is 17.7 Å². The number of carboxylic acids is 1. The highest BCUT2D eigenvalue weighted by Crippen LogP contribution is 2.26. The fraction of sp³-hybridized carbons (Fsp3) is 0.200. The molecule has 0 aromatic heterocycles. The van der Waals surface area contributed by atoms with Crippen molar-refractivity contribution in [2.24, 2.45) is 5.73 Å². The standard InChI is InChI=1S/C10H10FNO5/c1-17-10(16)5-2-4(7(12)9(14)15)3-6(11)8(5)13/h2-3,7,13H,12H2,1H3,(H,14,15). The lowest BCUT2D eigenvalue weighted by Gasteiger charge is -2.10. The molecule has 0 saturated carbocycles. The molecule has 92 valence electrons. The van der Waals surface area contributed by atoms with E-state index in [0.717, 1.165) is 19.2 Å². The molecule has 0 heterocycles. The van der Waals surface area contributed by atoms with Gasteiger partial charge in [-0.25, -0.2) is 9.18 Å². The van der Waals surface area contributed by atoms with Crippen LogP contribution in [0.3, 0.4) is 0 Å². The highest BCUT2D eigenvalue weighted by atomic mass is 19.1. The number of carbonyl (C=O) groups excluding carboxylic acids is 1. The molecule has 0 radical (unpaired) electrons. The van der Waals surface area contributed by atoms with E-state index in [0.29, 0.717) is 0 Å². The number of benzene rings is 1. The lowest BCUT2D eigenvalue weighted by atomic mass is 10.0. The van der Waals surface area contributed by atoms with Crippen LogP contribution in [0.5, 0.6) is 5.75 Å². The predicted molar refractivity (Wildman–Crippen MR) is 54.0 cm³/mol. The zero-order chi connectivity index (χ0) is 13.2. The van der Waals surface area contributed by atoms with Crippen LogP contribution in [0.4, 0.5) is 4.39 Å². The molecule has 1 aromatic rings. The van der Waals surface area contributed by atoms with Gasteiger partial charge < -0.3 is 20.7 Å². The Balaban J connectivity index is 3.33. The van der Waals surface area contributed by atoms with Gasteiger partial charge in [-0.1, -0.05) is 0 Å². The van der Waals surface area contributed by atoms with Crippen LogP contribution < -0.4 is 5.73 Å². The van der Waals surface area contributed by atoms with E-state index in [2.05, 4.69) is 4.74 Å². The van der Waals surface area contributed by atoms with Crippen LogP contribution in [0, 0.1) is 5.82 Å². The number of aromatic hydroxyl groups is 1. The monoisotopic (exact) mass is 243 g/mol. The van der Waals surface area contributed by atoms with Crippen LogP contribution in [0.2, 0.25) is 0 Å². The Bertz CT molecular complexity index is 474. The minimum absolute atomic E-state index is 0.145. The van der Waals surface area contributed by atoms with Gasteiger partial charge in [0.15, 0.2) is 11.6 Å². The number of nitrogens with two attached hydrogens (primary N) is 1. The lowest BCUT2D eigenvalue weighted by Crippen LogP contribution is -2.21. The van der Waals surface area contributed by atoms with Gasteiger partial charge in [-0.2, -0.15) is 0 Å². The summed E-state index contributed by atoms with van der Waals surface area (Å²) in [5.41, 5.74) is 4.65. The van der Waals surface area contributed by atoms with Crippen molar-refractivity contribution in [3.05, 3.63) is 29.1 Å². The molecule has 1 rings (SSSR count). The van der Waals surface area contributed by atoms with Crippen LogP contribution in [-0.2, 0) is 9.53 Å². The first-order valence-electron chi connectivity index (χ1n) is 4.47. The molecule has 1 aromatic carbocycles. The molecule has 0 saturated heterocycles. The van der Waals surface area contributed by atoms with Crippen LogP contribution >= 0.6 is 0 Å².